The Bertz CT molecular complexity index is 592. The minimum atomic E-state index is 0.184. The van der Waals surface area contributed by atoms with Crippen molar-refractivity contribution in [2.24, 2.45) is 0 Å². The SMILES string of the molecule is CC1CC(N2CCN(C(C)(C)C)C(c3ccccc3C(C)C)C2)CCO1. The molecular weight excluding hydrogens is 320 g/mol. The van der Waals surface area contributed by atoms with Crippen molar-refractivity contribution in [2.45, 2.75) is 84.0 Å². The third kappa shape index (κ3) is 4.32. The summed E-state index contributed by atoms with van der Waals surface area (Å²) in [7, 11) is 0. The molecule has 0 amide bonds. The molecule has 3 rings (SSSR count). The number of hydrogen-bond donors (Lipinski definition) is 0. The zero-order valence-corrected chi connectivity index (χ0v) is 17.7. The number of nitrogens with zero attached hydrogens (tertiary/aromatic N) is 2. The van der Waals surface area contributed by atoms with Crippen molar-refractivity contribution in [3.63, 3.8) is 0 Å². The van der Waals surface area contributed by atoms with Crippen LogP contribution in [-0.2, 0) is 4.74 Å². The molecule has 2 saturated heterocycles. The molecule has 3 heteroatoms. The molecule has 0 N–H and O–H groups in total. The van der Waals surface area contributed by atoms with Gasteiger partial charge in [0.2, 0.25) is 0 Å². The highest BCUT2D eigenvalue weighted by atomic mass is 16.5. The standard InChI is InChI=1S/C23H38N2O/c1-17(2)20-9-7-8-10-21(20)22-16-24(12-13-25(22)23(4,5)6)19-11-14-26-18(3)15-19/h7-10,17-19,22H,11-16H2,1-6H3. The van der Waals surface area contributed by atoms with E-state index in [1.807, 2.05) is 0 Å². The second-order valence-corrected chi connectivity index (χ2v) is 9.52. The molecule has 2 aliphatic heterocycles. The van der Waals surface area contributed by atoms with E-state index in [4.69, 9.17) is 4.74 Å². The lowest BCUT2D eigenvalue weighted by Crippen LogP contribution is -2.58. The van der Waals surface area contributed by atoms with Crippen LogP contribution in [0.5, 0.6) is 0 Å². The van der Waals surface area contributed by atoms with Gasteiger partial charge in [0.15, 0.2) is 0 Å². The monoisotopic (exact) mass is 358 g/mol. The third-order valence-electron chi connectivity index (χ3n) is 6.22. The van der Waals surface area contributed by atoms with Crippen LogP contribution in [-0.4, -0.2) is 53.7 Å². The first-order chi connectivity index (χ1) is 12.3. The van der Waals surface area contributed by atoms with Crippen LogP contribution in [0.1, 0.15) is 77.5 Å². The Kier molecular flexibility index (Phi) is 6.11. The van der Waals surface area contributed by atoms with Gasteiger partial charge < -0.3 is 4.74 Å². The minimum absolute atomic E-state index is 0.184. The molecule has 0 aromatic heterocycles. The molecule has 2 heterocycles. The third-order valence-corrected chi connectivity index (χ3v) is 6.22. The van der Waals surface area contributed by atoms with Crippen molar-refractivity contribution in [2.75, 3.05) is 26.2 Å². The van der Waals surface area contributed by atoms with Crippen molar-refractivity contribution in [1.82, 2.24) is 9.80 Å². The first-order valence-corrected chi connectivity index (χ1v) is 10.5. The molecule has 3 atom stereocenters. The molecule has 3 nitrogen and oxygen atoms in total. The van der Waals surface area contributed by atoms with Crippen molar-refractivity contribution in [1.29, 1.82) is 0 Å². The van der Waals surface area contributed by atoms with E-state index in [0.717, 1.165) is 19.7 Å². The average molecular weight is 359 g/mol. The van der Waals surface area contributed by atoms with Crippen LogP contribution in [0.4, 0.5) is 0 Å². The van der Waals surface area contributed by atoms with Crippen LogP contribution < -0.4 is 0 Å². The van der Waals surface area contributed by atoms with E-state index in [1.165, 1.54) is 30.5 Å². The Hall–Kier alpha value is -0.900. The molecule has 0 aliphatic carbocycles. The maximum Gasteiger partial charge on any atom is 0.0561 e. The Balaban J connectivity index is 1.89. The van der Waals surface area contributed by atoms with Gasteiger partial charge in [0.25, 0.3) is 0 Å². The zero-order valence-electron chi connectivity index (χ0n) is 17.7. The number of piperazine rings is 1. The van der Waals surface area contributed by atoms with E-state index in [-0.39, 0.29) is 5.54 Å². The fourth-order valence-electron chi connectivity index (χ4n) is 4.85. The van der Waals surface area contributed by atoms with Gasteiger partial charge in [-0.05, 0) is 57.6 Å². The lowest BCUT2D eigenvalue weighted by Gasteiger charge is -2.51. The summed E-state index contributed by atoms with van der Waals surface area (Å²) in [5.41, 5.74) is 3.22. The van der Waals surface area contributed by atoms with Crippen LogP contribution in [0.25, 0.3) is 0 Å². The van der Waals surface area contributed by atoms with Gasteiger partial charge in [-0.25, -0.2) is 0 Å². The lowest BCUT2D eigenvalue weighted by molar-refractivity contribution is -0.0539. The molecule has 1 aromatic carbocycles. The van der Waals surface area contributed by atoms with E-state index < -0.39 is 0 Å². The molecule has 0 spiro atoms. The van der Waals surface area contributed by atoms with Crippen molar-refractivity contribution in [3.05, 3.63) is 35.4 Å². The molecular formula is C23H38N2O. The highest BCUT2D eigenvalue weighted by Gasteiger charge is 2.38. The van der Waals surface area contributed by atoms with Crippen molar-refractivity contribution >= 4 is 0 Å². The first-order valence-electron chi connectivity index (χ1n) is 10.5. The van der Waals surface area contributed by atoms with Gasteiger partial charge >= 0.3 is 0 Å². The van der Waals surface area contributed by atoms with E-state index in [9.17, 15) is 0 Å². The van der Waals surface area contributed by atoms with Crippen LogP contribution >= 0.6 is 0 Å². The normalized spacial score (nSPS) is 29.3. The smallest absolute Gasteiger partial charge is 0.0561 e. The maximum absolute atomic E-state index is 5.80. The Morgan fingerprint density at radius 2 is 1.85 bits per heavy atom. The fourth-order valence-corrected chi connectivity index (χ4v) is 4.85. The van der Waals surface area contributed by atoms with Gasteiger partial charge in [0.1, 0.15) is 0 Å². The van der Waals surface area contributed by atoms with Gasteiger partial charge in [0.05, 0.1) is 6.10 Å². The van der Waals surface area contributed by atoms with E-state index in [2.05, 4.69) is 75.6 Å². The molecule has 26 heavy (non-hydrogen) atoms. The summed E-state index contributed by atoms with van der Waals surface area (Å²) < 4.78 is 5.80. The van der Waals surface area contributed by atoms with E-state index in [0.29, 0.717) is 24.1 Å². The van der Waals surface area contributed by atoms with E-state index in [1.54, 1.807) is 0 Å². The lowest BCUT2D eigenvalue weighted by atomic mass is 9.87. The largest absolute Gasteiger partial charge is 0.378 e. The van der Waals surface area contributed by atoms with Gasteiger partial charge in [-0.2, -0.15) is 0 Å². The zero-order chi connectivity index (χ0) is 18.9. The topological polar surface area (TPSA) is 15.7 Å². The van der Waals surface area contributed by atoms with Gasteiger partial charge in [0, 0.05) is 43.9 Å². The summed E-state index contributed by atoms with van der Waals surface area (Å²) in [6, 6.07) is 10.3. The molecule has 2 fully saturated rings. The molecule has 146 valence electrons. The van der Waals surface area contributed by atoms with Crippen LogP contribution in [0.15, 0.2) is 24.3 Å². The molecule has 0 saturated carbocycles. The fraction of sp³-hybridized carbons (Fsp3) is 0.739. The minimum Gasteiger partial charge on any atom is -0.378 e. The number of ether oxygens (including phenoxy) is 1. The van der Waals surface area contributed by atoms with Gasteiger partial charge in [-0.15, -0.1) is 0 Å². The Morgan fingerprint density at radius 3 is 2.50 bits per heavy atom. The van der Waals surface area contributed by atoms with Crippen LogP contribution in [0.3, 0.4) is 0 Å². The van der Waals surface area contributed by atoms with Crippen molar-refractivity contribution in [3.8, 4) is 0 Å². The van der Waals surface area contributed by atoms with Crippen LogP contribution in [0.2, 0.25) is 0 Å². The highest BCUT2D eigenvalue weighted by Crippen LogP contribution is 2.37. The Morgan fingerprint density at radius 1 is 1.12 bits per heavy atom. The highest BCUT2D eigenvalue weighted by molar-refractivity contribution is 5.33. The number of benzene rings is 1. The summed E-state index contributed by atoms with van der Waals surface area (Å²) in [5, 5.41) is 0. The number of rotatable bonds is 3. The molecule has 0 bridgehead atoms. The second-order valence-electron chi connectivity index (χ2n) is 9.52. The van der Waals surface area contributed by atoms with Crippen molar-refractivity contribution < 1.29 is 4.74 Å². The summed E-state index contributed by atoms with van der Waals surface area (Å²) in [6.07, 6.45) is 2.75. The maximum atomic E-state index is 5.80. The molecule has 3 unspecified atom stereocenters. The molecule has 1 aromatic rings. The summed E-state index contributed by atoms with van der Waals surface area (Å²) in [6.45, 7) is 18.3. The predicted molar refractivity (Wildman–Crippen MR) is 110 cm³/mol. The van der Waals surface area contributed by atoms with E-state index >= 15 is 0 Å². The van der Waals surface area contributed by atoms with Gasteiger partial charge in [-0.1, -0.05) is 38.1 Å². The summed E-state index contributed by atoms with van der Waals surface area (Å²) in [5.74, 6) is 0.562. The molecule has 2 aliphatic rings. The predicted octanol–water partition coefficient (Wildman–Crippen LogP) is 4.83. The van der Waals surface area contributed by atoms with Crippen LogP contribution in [0, 0.1) is 0 Å². The average Bonchev–Trinajstić information content (AvgIpc) is 2.60. The summed E-state index contributed by atoms with van der Waals surface area (Å²) in [4.78, 5) is 5.48. The number of hydrogen-bond acceptors (Lipinski definition) is 3. The Labute approximate surface area is 160 Å². The second kappa shape index (κ2) is 8.00. The quantitative estimate of drug-likeness (QED) is 0.769. The molecule has 0 radical (unpaired) electrons. The summed E-state index contributed by atoms with van der Waals surface area (Å²) >= 11 is 0. The van der Waals surface area contributed by atoms with Gasteiger partial charge in [-0.3, -0.25) is 9.80 Å². The first kappa shape index (κ1) is 19.9.